The van der Waals surface area contributed by atoms with Gasteiger partial charge in [-0.05, 0) is 33.0 Å². The van der Waals surface area contributed by atoms with E-state index in [1.807, 2.05) is 7.05 Å². The molecule has 0 saturated carbocycles. The molecule has 1 aliphatic rings. The van der Waals surface area contributed by atoms with Crippen molar-refractivity contribution in [2.75, 3.05) is 26.7 Å². The van der Waals surface area contributed by atoms with E-state index in [9.17, 15) is 0 Å². The highest BCUT2D eigenvalue weighted by Crippen LogP contribution is 2.13. The third kappa shape index (κ3) is 3.26. The van der Waals surface area contributed by atoms with Gasteiger partial charge >= 0.3 is 0 Å². The zero-order valence-electron chi connectivity index (χ0n) is 9.33. The summed E-state index contributed by atoms with van der Waals surface area (Å²) >= 11 is 1.80. The predicted octanol–water partition coefficient (Wildman–Crippen LogP) is 1.50. The lowest BCUT2D eigenvalue weighted by atomic mass is 10.4. The van der Waals surface area contributed by atoms with Crippen molar-refractivity contribution in [3.05, 3.63) is 16.1 Å². The van der Waals surface area contributed by atoms with Crippen LogP contribution in [0.25, 0.3) is 0 Å². The molecule has 0 atom stereocenters. The number of rotatable bonds is 5. The molecule has 2 rings (SSSR count). The summed E-state index contributed by atoms with van der Waals surface area (Å²) in [7, 11) is 1.96. The lowest BCUT2D eigenvalue weighted by Crippen LogP contribution is -2.21. The molecule has 1 aliphatic heterocycles. The van der Waals surface area contributed by atoms with Crippen molar-refractivity contribution in [1.29, 1.82) is 0 Å². The molecule has 1 N–H and O–H groups in total. The van der Waals surface area contributed by atoms with Gasteiger partial charge in [0, 0.05) is 24.9 Å². The molecule has 0 spiro atoms. The lowest BCUT2D eigenvalue weighted by molar-refractivity contribution is 0.343. The Morgan fingerprint density at radius 1 is 1.47 bits per heavy atom. The minimum Gasteiger partial charge on any atom is -0.314 e. The second kappa shape index (κ2) is 5.58. The van der Waals surface area contributed by atoms with E-state index in [2.05, 4.69) is 20.6 Å². The molecule has 4 heteroatoms. The van der Waals surface area contributed by atoms with Gasteiger partial charge in [0.2, 0.25) is 0 Å². The molecule has 1 fully saturated rings. The summed E-state index contributed by atoms with van der Waals surface area (Å²) < 4.78 is 0. The van der Waals surface area contributed by atoms with E-state index < -0.39 is 0 Å². The van der Waals surface area contributed by atoms with Gasteiger partial charge in [-0.3, -0.25) is 0 Å². The standard InChI is InChI=1S/C11H19N3S/c1-12-8-10-9-15-11(13-10)4-7-14-5-2-3-6-14/h9,12H,2-8H2,1H3. The van der Waals surface area contributed by atoms with Crippen LogP contribution < -0.4 is 5.32 Å². The molecule has 2 heterocycles. The summed E-state index contributed by atoms with van der Waals surface area (Å²) in [5.74, 6) is 0. The van der Waals surface area contributed by atoms with Crippen molar-refractivity contribution in [2.24, 2.45) is 0 Å². The van der Waals surface area contributed by atoms with Crippen molar-refractivity contribution < 1.29 is 0 Å². The van der Waals surface area contributed by atoms with Gasteiger partial charge < -0.3 is 10.2 Å². The summed E-state index contributed by atoms with van der Waals surface area (Å²) in [6.07, 6.45) is 3.88. The Balaban J connectivity index is 1.77. The predicted molar refractivity (Wildman–Crippen MR) is 64.3 cm³/mol. The van der Waals surface area contributed by atoms with E-state index in [0.29, 0.717) is 0 Å². The van der Waals surface area contributed by atoms with Crippen LogP contribution in [-0.2, 0) is 13.0 Å². The SMILES string of the molecule is CNCc1csc(CCN2CCCC2)n1. The van der Waals surface area contributed by atoms with Gasteiger partial charge in [-0.15, -0.1) is 11.3 Å². The van der Waals surface area contributed by atoms with Crippen LogP contribution >= 0.6 is 11.3 Å². The summed E-state index contributed by atoms with van der Waals surface area (Å²) in [4.78, 5) is 7.13. The first kappa shape index (κ1) is 11.0. The van der Waals surface area contributed by atoms with Crippen LogP contribution in [0.3, 0.4) is 0 Å². The molecule has 1 aromatic rings. The summed E-state index contributed by atoms with van der Waals surface area (Å²) in [5, 5.41) is 6.58. The number of aromatic nitrogens is 1. The van der Waals surface area contributed by atoms with Crippen LogP contribution in [-0.4, -0.2) is 36.6 Å². The highest BCUT2D eigenvalue weighted by atomic mass is 32.1. The average Bonchev–Trinajstić information content (AvgIpc) is 2.85. The van der Waals surface area contributed by atoms with Crippen LogP contribution in [0, 0.1) is 0 Å². The number of hydrogen-bond acceptors (Lipinski definition) is 4. The number of nitrogens with one attached hydrogen (secondary N) is 1. The second-order valence-electron chi connectivity index (χ2n) is 4.06. The Bertz CT molecular complexity index is 292. The third-order valence-corrected chi connectivity index (χ3v) is 3.76. The summed E-state index contributed by atoms with van der Waals surface area (Å²) in [6, 6.07) is 0. The normalized spacial score (nSPS) is 17.4. The minimum absolute atomic E-state index is 0.889. The zero-order valence-corrected chi connectivity index (χ0v) is 10.1. The molecule has 0 radical (unpaired) electrons. The van der Waals surface area contributed by atoms with Crippen molar-refractivity contribution >= 4 is 11.3 Å². The molecule has 0 aliphatic carbocycles. The van der Waals surface area contributed by atoms with Crippen LogP contribution in [0.1, 0.15) is 23.5 Å². The van der Waals surface area contributed by atoms with E-state index >= 15 is 0 Å². The Morgan fingerprint density at radius 3 is 3.00 bits per heavy atom. The highest BCUT2D eigenvalue weighted by Gasteiger charge is 2.11. The van der Waals surface area contributed by atoms with Crippen molar-refractivity contribution in [3.63, 3.8) is 0 Å². The van der Waals surface area contributed by atoms with Crippen LogP contribution in [0.5, 0.6) is 0 Å². The molecule has 0 amide bonds. The van der Waals surface area contributed by atoms with Crippen molar-refractivity contribution in [3.8, 4) is 0 Å². The number of nitrogens with zero attached hydrogens (tertiary/aromatic N) is 2. The van der Waals surface area contributed by atoms with Crippen LogP contribution in [0.15, 0.2) is 5.38 Å². The van der Waals surface area contributed by atoms with E-state index in [-0.39, 0.29) is 0 Å². The van der Waals surface area contributed by atoms with Crippen LogP contribution in [0.4, 0.5) is 0 Å². The number of thiazole rings is 1. The largest absolute Gasteiger partial charge is 0.314 e. The lowest BCUT2D eigenvalue weighted by Gasteiger charge is -2.12. The third-order valence-electron chi connectivity index (χ3n) is 2.80. The maximum absolute atomic E-state index is 4.59. The van der Waals surface area contributed by atoms with Gasteiger partial charge in [-0.2, -0.15) is 0 Å². The first-order valence-corrected chi connectivity index (χ1v) is 6.56. The maximum Gasteiger partial charge on any atom is 0.0941 e. The topological polar surface area (TPSA) is 28.2 Å². The molecule has 0 aromatic carbocycles. The minimum atomic E-state index is 0.889. The molecule has 1 aromatic heterocycles. The molecule has 15 heavy (non-hydrogen) atoms. The zero-order chi connectivity index (χ0) is 10.5. The Kier molecular flexibility index (Phi) is 4.11. The van der Waals surface area contributed by atoms with Gasteiger partial charge in [-0.25, -0.2) is 4.98 Å². The number of likely N-dealkylation sites (tertiary alicyclic amines) is 1. The molecule has 0 bridgehead atoms. The first-order valence-electron chi connectivity index (χ1n) is 5.69. The smallest absolute Gasteiger partial charge is 0.0941 e. The molecular formula is C11H19N3S. The monoisotopic (exact) mass is 225 g/mol. The fraction of sp³-hybridized carbons (Fsp3) is 0.727. The van der Waals surface area contributed by atoms with Crippen molar-refractivity contribution in [2.45, 2.75) is 25.8 Å². The Hall–Kier alpha value is -0.450. The second-order valence-corrected chi connectivity index (χ2v) is 5.00. The van der Waals surface area contributed by atoms with Crippen molar-refractivity contribution in [1.82, 2.24) is 15.2 Å². The fourth-order valence-corrected chi connectivity index (χ4v) is 2.77. The van der Waals surface area contributed by atoms with E-state index in [0.717, 1.165) is 13.0 Å². The Labute approximate surface area is 95.5 Å². The molecule has 1 saturated heterocycles. The molecule has 0 unspecified atom stereocenters. The maximum atomic E-state index is 4.59. The van der Waals surface area contributed by atoms with Gasteiger partial charge in [0.1, 0.15) is 0 Å². The number of hydrogen-bond donors (Lipinski definition) is 1. The van der Waals surface area contributed by atoms with E-state index in [4.69, 9.17) is 0 Å². The first-order chi connectivity index (χ1) is 7.38. The Morgan fingerprint density at radius 2 is 2.27 bits per heavy atom. The van der Waals surface area contributed by atoms with Gasteiger partial charge in [0.05, 0.1) is 10.7 Å². The molecule has 84 valence electrons. The average molecular weight is 225 g/mol. The van der Waals surface area contributed by atoms with E-state index in [1.54, 1.807) is 11.3 Å². The van der Waals surface area contributed by atoms with Gasteiger partial charge in [0.15, 0.2) is 0 Å². The molecular weight excluding hydrogens is 206 g/mol. The van der Waals surface area contributed by atoms with E-state index in [1.165, 1.54) is 43.2 Å². The van der Waals surface area contributed by atoms with Gasteiger partial charge in [0.25, 0.3) is 0 Å². The fourth-order valence-electron chi connectivity index (χ4n) is 1.99. The summed E-state index contributed by atoms with van der Waals surface area (Å²) in [5.41, 5.74) is 1.18. The summed E-state index contributed by atoms with van der Waals surface area (Å²) in [6.45, 7) is 4.65. The quantitative estimate of drug-likeness (QED) is 0.823. The highest BCUT2D eigenvalue weighted by molar-refractivity contribution is 7.09. The van der Waals surface area contributed by atoms with Gasteiger partial charge in [-0.1, -0.05) is 0 Å². The van der Waals surface area contributed by atoms with Crippen LogP contribution in [0.2, 0.25) is 0 Å². The molecule has 3 nitrogen and oxygen atoms in total.